The summed E-state index contributed by atoms with van der Waals surface area (Å²) in [6.07, 6.45) is 2.07. The van der Waals surface area contributed by atoms with Gasteiger partial charge in [0.1, 0.15) is 0 Å². The fraction of sp³-hybridized carbons (Fsp3) is 0.533. The number of nitrogens with two attached hydrogens (primary N) is 1. The number of rotatable bonds is 15. The maximum atomic E-state index is 15.1. The summed E-state index contributed by atoms with van der Waals surface area (Å²) < 4.78 is 42.8. The van der Waals surface area contributed by atoms with Crippen LogP contribution in [0.1, 0.15) is 125 Å². The van der Waals surface area contributed by atoms with E-state index >= 15 is 4.79 Å². The summed E-state index contributed by atoms with van der Waals surface area (Å²) in [5.74, 6) is -1.86. The van der Waals surface area contributed by atoms with E-state index in [1.807, 2.05) is 26.0 Å². The number of carbonyl (C=O) groups excluding carboxylic acids is 3. The van der Waals surface area contributed by atoms with Crippen molar-refractivity contribution in [2.45, 2.75) is 78.7 Å². The van der Waals surface area contributed by atoms with Crippen molar-refractivity contribution in [1.82, 2.24) is 34.0 Å². The average Bonchev–Trinajstić information content (AvgIpc) is 3.92. The monoisotopic (exact) mass is 872 g/mol. The molecule has 2 amide bonds. The first-order chi connectivity index (χ1) is 29.6. The van der Waals surface area contributed by atoms with Gasteiger partial charge in [0.15, 0.2) is 0 Å². The topological polar surface area (TPSA) is 206 Å². The largest absolute Gasteiger partial charge is 0.469 e. The molecule has 4 aliphatic rings. The summed E-state index contributed by atoms with van der Waals surface area (Å²) in [6, 6.07) is 6.05. The van der Waals surface area contributed by atoms with Gasteiger partial charge in [-0.15, -0.1) is 0 Å². The van der Waals surface area contributed by atoms with Gasteiger partial charge in [0.2, 0.25) is 10.0 Å². The number of aryl methyl sites for hydroxylation is 2. The maximum Gasteiger partial charge on any atom is 0.305 e. The van der Waals surface area contributed by atoms with Crippen LogP contribution in [0.15, 0.2) is 18.2 Å². The molecule has 0 spiro atoms. The summed E-state index contributed by atoms with van der Waals surface area (Å²) >= 11 is 0. The van der Waals surface area contributed by atoms with E-state index in [1.54, 1.807) is 0 Å². The van der Waals surface area contributed by atoms with Crippen LogP contribution >= 0.6 is 0 Å². The van der Waals surface area contributed by atoms with Crippen molar-refractivity contribution in [3.05, 3.63) is 68.8 Å². The van der Waals surface area contributed by atoms with Gasteiger partial charge in [-0.1, -0.05) is 13.8 Å². The molecule has 1 unspecified atom stereocenters. The molecule has 0 aromatic carbocycles. The van der Waals surface area contributed by atoms with Crippen LogP contribution in [-0.2, 0) is 29.0 Å². The van der Waals surface area contributed by atoms with Gasteiger partial charge in [-0.3, -0.25) is 29.2 Å². The first-order valence-corrected chi connectivity index (χ1v) is 23.4. The Morgan fingerprint density at radius 3 is 2.29 bits per heavy atom. The number of aromatic nitrogens is 4. The molecule has 7 heterocycles. The van der Waals surface area contributed by atoms with Gasteiger partial charge in [-0.2, -0.15) is 4.31 Å². The predicted molar refractivity (Wildman–Crippen MR) is 238 cm³/mol. The van der Waals surface area contributed by atoms with Crippen LogP contribution in [-0.4, -0.2) is 139 Å². The first-order valence-electron chi connectivity index (χ1n) is 21.6. The van der Waals surface area contributed by atoms with Crippen molar-refractivity contribution in [1.29, 1.82) is 0 Å². The van der Waals surface area contributed by atoms with Gasteiger partial charge >= 0.3 is 5.97 Å². The van der Waals surface area contributed by atoms with E-state index in [9.17, 15) is 18.0 Å². The number of H-pyrrole nitrogens is 2. The zero-order chi connectivity index (χ0) is 44.6. The third-order valence-corrected chi connectivity index (χ3v) is 14.2. The third kappa shape index (κ3) is 8.75. The average molecular weight is 873 g/mol. The molecule has 62 heavy (non-hydrogen) atoms. The summed E-state index contributed by atoms with van der Waals surface area (Å²) in [5.41, 5.74) is 16.5. The number of esters is 1. The number of methoxy groups -OCH3 is 1. The molecule has 8 bridgehead atoms. The molecule has 1 fully saturated rings. The van der Waals surface area contributed by atoms with Crippen molar-refractivity contribution < 1.29 is 37.0 Å². The standard InChI is InChI=1S/C45H60N8O8S/c1-9-30-25(2)32-24-37-39(29(6)61-21-20-60-19-12-46)27(4)34(48-37)22-33-26(3)31(10-11-38(54)59-7)42(49-33)41-43-40(28(5)35(50-43)23-36(30)47-32)44(55)53(45(41)56)18-15-51-13-16-52(17-14-51)62(8,57)58/h22-24,26,29,31,48,50H,9-21,46H2,1-8H3/t26-,29?,31-/m0/s1. The minimum Gasteiger partial charge on any atom is -0.469 e. The van der Waals surface area contributed by atoms with Gasteiger partial charge in [0, 0.05) is 91.9 Å². The van der Waals surface area contributed by atoms with E-state index in [2.05, 4.69) is 48.6 Å². The minimum atomic E-state index is -3.33. The van der Waals surface area contributed by atoms with E-state index in [1.165, 1.54) is 22.6 Å². The number of hydrogen-bond acceptors (Lipinski definition) is 12. The van der Waals surface area contributed by atoms with Gasteiger partial charge in [0.25, 0.3) is 11.8 Å². The van der Waals surface area contributed by atoms with E-state index in [4.69, 9.17) is 29.9 Å². The number of nitrogens with zero attached hydrogens (tertiary/aromatic N) is 5. The molecule has 7 rings (SSSR count). The minimum absolute atomic E-state index is 0.0942. The maximum absolute atomic E-state index is 15.1. The lowest BCUT2D eigenvalue weighted by molar-refractivity contribution is -0.140. The second kappa shape index (κ2) is 18.5. The lowest BCUT2D eigenvalue weighted by atomic mass is 9.84. The Morgan fingerprint density at radius 1 is 0.919 bits per heavy atom. The first kappa shape index (κ1) is 45.3. The highest BCUT2D eigenvalue weighted by Crippen LogP contribution is 2.44. The van der Waals surface area contributed by atoms with Gasteiger partial charge < -0.3 is 29.9 Å². The van der Waals surface area contributed by atoms with Crippen molar-refractivity contribution in [3.8, 4) is 0 Å². The number of hydrogen-bond donors (Lipinski definition) is 3. The second-order valence-electron chi connectivity index (χ2n) is 16.7. The van der Waals surface area contributed by atoms with Gasteiger partial charge in [-0.25, -0.2) is 13.4 Å². The Kier molecular flexibility index (Phi) is 13.5. The van der Waals surface area contributed by atoms with Crippen LogP contribution in [0.5, 0.6) is 0 Å². The number of imide groups is 1. The molecule has 17 heteroatoms. The molecule has 0 radical (unpaired) electrons. The molecule has 0 aliphatic carbocycles. The molecule has 3 aromatic heterocycles. The number of sulfonamides is 1. The highest BCUT2D eigenvalue weighted by atomic mass is 32.2. The number of fused-ring (bicyclic) bond motifs is 8. The number of ether oxygens (including phenoxy) is 3. The quantitative estimate of drug-likeness (QED) is 0.101. The number of carbonyl (C=O) groups is 3. The highest BCUT2D eigenvalue weighted by molar-refractivity contribution is 7.88. The van der Waals surface area contributed by atoms with E-state index in [-0.39, 0.29) is 36.9 Å². The van der Waals surface area contributed by atoms with Gasteiger partial charge in [0.05, 0.1) is 73.0 Å². The van der Waals surface area contributed by atoms with Crippen LogP contribution in [0.2, 0.25) is 0 Å². The number of nitrogens with one attached hydrogen (secondary N) is 2. The lowest BCUT2D eigenvalue weighted by Gasteiger charge is -2.35. The van der Waals surface area contributed by atoms with Crippen molar-refractivity contribution in [2.75, 3.05) is 79.0 Å². The SMILES string of the molecule is CCC1=C(C)c2cc3[nH]c(cc4nc(c5c6[nH]c(cc1n2)c(C)c6C(=O)N(CCN1CCN(S(C)(=O)=O)CC1)C5=O)[C@@H](CCC(=O)OC)[C@@H]4C)c(C)c3C(C)OCCOCCN. The molecule has 4 aliphatic heterocycles. The number of piperazine rings is 1. The summed E-state index contributed by atoms with van der Waals surface area (Å²) in [4.78, 5) is 63.4. The van der Waals surface area contributed by atoms with Crippen molar-refractivity contribution in [3.63, 3.8) is 0 Å². The second-order valence-corrected chi connectivity index (χ2v) is 18.6. The van der Waals surface area contributed by atoms with E-state index in [0.29, 0.717) is 105 Å². The summed E-state index contributed by atoms with van der Waals surface area (Å²) in [6.45, 7) is 15.9. The Hall–Kier alpha value is -4.78. The molecular weight excluding hydrogens is 813 g/mol. The molecule has 3 aromatic rings. The molecule has 3 atom stereocenters. The van der Waals surface area contributed by atoms with Crippen LogP contribution in [0.3, 0.4) is 0 Å². The van der Waals surface area contributed by atoms with Gasteiger partial charge in [-0.05, 0) is 81.0 Å². The van der Waals surface area contributed by atoms with Crippen molar-refractivity contribution >= 4 is 61.0 Å². The Bertz CT molecular complexity index is 2570. The number of aromatic amines is 2. The van der Waals surface area contributed by atoms with Crippen LogP contribution in [0.4, 0.5) is 0 Å². The zero-order valence-electron chi connectivity index (χ0n) is 37.1. The van der Waals surface area contributed by atoms with Crippen molar-refractivity contribution in [2.24, 2.45) is 5.73 Å². The summed E-state index contributed by atoms with van der Waals surface area (Å²) in [7, 11) is -1.97. The normalized spacial score (nSPS) is 19.1. The summed E-state index contributed by atoms with van der Waals surface area (Å²) in [5, 5.41) is 0. The predicted octanol–water partition coefficient (Wildman–Crippen LogP) is 5.34. The Balaban J connectivity index is 1.45. The fourth-order valence-corrected chi connectivity index (χ4v) is 10.2. The molecule has 334 valence electrons. The molecule has 1 saturated heterocycles. The highest BCUT2D eigenvalue weighted by Gasteiger charge is 2.41. The third-order valence-electron chi connectivity index (χ3n) is 12.9. The Labute approximate surface area is 363 Å². The fourth-order valence-electron chi connectivity index (χ4n) is 9.33. The lowest BCUT2D eigenvalue weighted by Crippen LogP contribution is -2.51. The molecule has 16 nitrogen and oxygen atoms in total. The Morgan fingerprint density at radius 2 is 1.61 bits per heavy atom. The smallest absolute Gasteiger partial charge is 0.305 e. The molecular formula is C45H60N8O8S. The van der Waals surface area contributed by atoms with Crippen LogP contribution in [0.25, 0.3) is 33.2 Å². The molecule has 4 N–H and O–H groups in total. The number of allylic oxidation sites excluding steroid dienone is 2. The van der Waals surface area contributed by atoms with E-state index in [0.717, 1.165) is 50.4 Å². The van der Waals surface area contributed by atoms with Crippen LogP contribution < -0.4 is 5.73 Å². The van der Waals surface area contributed by atoms with E-state index < -0.39 is 21.8 Å². The van der Waals surface area contributed by atoms with Crippen LogP contribution in [0, 0.1) is 13.8 Å². The number of amides is 2. The zero-order valence-corrected chi connectivity index (χ0v) is 38.0. The molecule has 0 saturated carbocycles.